The van der Waals surface area contributed by atoms with Crippen LogP contribution in [0, 0.1) is 17.2 Å². The molecular formula is C22H26N4O2. The molecule has 1 aromatic heterocycles. The average Bonchev–Trinajstić information content (AvgIpc) is 2.74. The molecule has 2 saturated heterocycles. The van der Waals surface area contributed by atoms with Gasteiger partial charge in [-0.3, -0.25) is 4.79 Å². The Morgan fingerprint density at radius 1 is 1.21 bits per heavy atom. The fourth-order valence-electron chi connectivity index (χ4n) is 4.17. The van der Waals surface area contributed by atoms with E-state index in [1.807, 2.05) is 30.3 Å². The number of carbonyl (C=O) groups is 1. The van der Waals surface area contributed by atoms with Crippen LogP contribution in [0.1, 0.15) is 37.7 Å². The first-order valence-electron chi connectivity index (χ1n) is 10.1. The molecule has 1 amide bonds. The predicted octanol–water partition coefficient (Wildman–Crippen LogP) is 3.01. The van der Waals surface area contributed by atoms with Crippen molar-refractivity contribution in [1.29, 1.82) is 5.26 Å². The minimum absolute atomic E-state index is 0.168. The van der Waals surface area contributed by atoms with E-state index in [1.165, 1.54) is 0 Å². The van der Waals surface area contributed by atoms with Gasteiger partial charge < -0.3 is 15.0 Å². The SMILES string of the molecule is N#Cc1cc(N2CCC(CC(=O)NC3CCOCC3)CC2)nc2ccccc12. The quantitative estimate of drug-likeness (QED) is 0.885. The summed E-state index contributed by atoms with van der Waals surface area (Å²) >= 11 is 0. The number of rotatable bonds is 4. The molecule has 3 heterocycles. The topological polar surface area (TPSA) is 78.2 Å². The van der Waals surface area contributed by atoms with Gasteiger partial charge in [0, 0.05) is 44.2 Å². The van der Waals surface area contributed by atoms with Gasteiger partial charge in [0.15, 0.2) is 0 Å². The number of pyridine rings is 1. The largest absolute Gasteiger partial charge is 0.381 e. The Labute approximate surface area is 165 Å². The minimum Gasteiger partial charge on any atom is -0.381 e. The maximum Gasteiger partial charge on any atom is 0.220 e. The number of amides is 1. The molecule has 2 aliphatic rings. The first-order chi connectivity index (χ1) is 13.7. The zero-order valence-corrected chi connectivity index (χ0v) is 16.1. The van der Waals surface area contributed by atoms with Crippen LogP contribution in [0.4, 0.5) is 5.82 Å². The summed E-state index contributed by atoms with van der Waals surface area (Å²) in [6.45, 7) is 3.22. The third kappa shape index (κ3) is 4.26. The van der Waals surface area contributed by atoms with Crippen LogP contribution in [0.2, 0.25) is 0 Å². The molecule has 1 N–H and O–H groups in total. The van der Waals surface area contributed by atoms with Crippen molar-refractivity contribution >= 4 is 22.6 Å². The Morgan fingerprint density at radius 2 is 1.96 bits per heavy atom. The van der Waals surface area contributed by atoms with Crippen LogP contribution in [0.5, 0.6) is 0 Å². The number of carbonyl (C=O) groups excluding carboxylic acids is 1. The molecule has 0 bridgehead atoms. The van der Waals surface area contributed by atoms with Gasteiger partial charge >= 0.3 is 0 Å². The lowest BCUT2D eigenvalue weighted by Gasteiger charge is -2.33. The number of benzene rings is 1. The standard InChI is InChI=1S/C22H26N4O2/c23-15-17-14-21(25-20-4-2-1-3-19(17)20)26-9-5-16(6-10-26)13-22(27)24-18-7-11-28-12-8-18/h1-4,14,16,18H,5-13H2,(H,24,27). The molecule has 2 aromatic rings. The molecule has 0 unspecified atom stereocenters. The van der Waals surface area contributed by atoms with Crippen LogP contribution >= 0.6 is 0 Å². The van der Waals surface area contributed by atoms with Crippen molar-refractivity contribution < 1.29 is 9.53 Å². The predicted molar refractivity (Wildman–Crippen MR) is 108 cm³/mol. The fourth-order valence-corrected chi connectivity index (χ4v) is 4.17. The summed E-state index contributed by atoms with van der Waals surface area (Å²) in [6.07, 6.45) is 4.37. The highest BCUT2D eigenvalue weighted by Gasteiger charge is 2.24. The van der Waals surface area contributed by atoms with Gasteiger partial charge in [0.1, 0.15) is 5.82 Å². The highest BCUT2D eigenvalue weighted by molar-refractivity contribution is 5.86. The molecule has 28 heavy (non-hydrogen) atoms. The molecule has 2 fully saturated rings. The molecule has 0 atom stereocenters. The highest BCUT2D eigenvalue weighted by Crippen LogP contribution is 2.27. The number of hydrogen-bond acceptors (Lipinski definition) is 5. The molecule has 6 nitrogen and oxygen atoms in total. The average molecular weight is 378 g/mol. The van der Waals surface area contributed by atoms with Crippen molar-refractivity contribution in [2.75, 3.05) is 31.2 Å². The molecule has 4 rings (SSSR count). The zero-order chi connectivity index (χ0) is 19.3. The maximum atomic E-state index is 12.3. The second-order valence-electron chi connectivity index (χ2n) is 7.75. The Morgan fingerprint density at radius 3 is 2.71 bits per heavy atom. The lowest BCUT2D eigenvalue weighted by molar-refractivity contribution is -0.123. The van der Waals surface area contributed by atoms with E-state index in [4.69, 9.17) is 9.72 Å². The monoisotopic (exact) mass is 378 g/mol. The third-order valence-electron chi connectivity index (χ3n) is 5.82. The smallest absolute Gasteiger partial charge is 0.220 e. The molecule has 0 spiro atoms. The van der Waals surface area contributed by atoms with Gasteiger partial charge in [-0.15, -0.1) is 0 Å². The van der Waals surface area contributed by atoms with Crippen LogP contribution in [0.15, 0.2) is 30.3 Å². The van der Waals surface area contributed by atoms with E-state index < -0.39 is 0 Å². The van der Waals surface area contributed by atoms with Crippen LogP contribution < -0.4 is 10.2 Å². The van der Waals surface area contributed by atoms with Crippen molar-refractivity contribution in [3.63, 3.8) is 0 Å². The Balaban J connectivity index is 1.34. The summed E-state index contributed by atoms with van der Waals surface area (Å²) in [5.41, 5.74) is 1.52. The number of hydrogen-bond donors (Lipinski definition) is 1. The summed E-state index contributed by atoms with van der Waals surface area (Å²) in [5, 5.41) is 13.5. The van der Waals surface area contributed by atoms with Gasteiger partial charge in [0.05, 0.1) is 17.1 Å². The van der Waals surface area contributed by atoms with Gasteiger partial charge in [0.2, 0.25) is 5.91 Å². The van der Waals surface area contributed by atoms with Gasteiger partial charge in [-0.1, -0.05) is 18.2 Å². The van der Waals surface area contributed by atoms with E-state index in [0.29, 0.717) is 17.9 Å². The van der Waals surface area contributed by atoms with E-state index >= 15 is 0 Å². The van der Waals surface area contributed by atoms with E-state index in [2.05, 4.69) is 16.3 Å². The third-order valence-corrected chi connectivity index (χ3v) is 5.82. The number of nitrogens with zero attached hydrogens (tertiary/aromatic N) is 3. The number of piperidine rings is 1. The molecule has 6 heteroatoms. The van der Waals surface area contributed by atoms with Crippen molar-refractivity contribution in [3.8, 4) is 6.07 Å². The first-order valence-corrected chi connectivity index (χ1v) is 10.1. The zero-order valence-electron chi connectivity index (χ0n) is 16.1. The molecule has 2 aliphatic heterocycles. The summed E-state index contributed by atoms with van der Waals surface area (Å²) < 4.78 is 5.35. The molecule has 0 saturated carbocycles. The van der Waals surface area contributed by atoms with Gasteiger partial charge in [-0.05, 0) is 43.7 Å². The van der Waals surface area contributed by atoms with Crippen LogP contribution in [-0.4, -0.2) is 43.2 Å². The number of ether oxygens (including phenoxy) is 1. The molecular weight excluding hydrogens is 352 g/mol. The van der Waals surface area contributed by atoms with E-state index in [-0.39, 0.29) is 11.9 Å². The summed E-state index contributed by atoms with van der Waals surface area (Å²) in [5.74, 6) is 1.44. The Bertz CT molecular complexity index is 878. The normalized spacial score (nSPS) is 18.8. The van der Waals surface area contributed by atoms with Crippen LogP contribution in [0.25, 0.3) is 10.9 Å². The number of fused-ring (bicyclic) bond motifs is 1. The van der Waals surface area contributed by atoms with Crippen molar-refractivity contribution in [1.82, 2.24) is 10.3 Å². The van der Waals surface area contributed by atoms with E-state index in [9.17, 15) is 10.1 Å². The van der Waals surface area contributed by atoms with Crippen molar-refractivity contribution in [2.24, 2.45) is 5.92 Å². The van der Waals surface area contributed by atoms with Crippen LogP contribution in [-0.2, 0) is 9.53 Å². The van der Waals surface area contributed by atoms with Gasteiger partial charge in [-0.2, -0.15) is 5.26 Å². The Kier molecular flexibility index (Phi) is 5.73. The first kappa shape index (κ1) is 18.7. The fraction of sp³-hybridized carbons (Fsp3) is 0.500. The number of nitrogens with one attached hydrogen (secondary N) is 1. The van der Waals surface area contributed by atoms with Crippen molar-refractivity contribution in [2.45, 2.75) is 38.1 Å². The summed E-state index contributed by atoms with van der Waals surface area (Å²) in [7, 11) is 0. The highest BCUT2D eigenvalue weighted by atomic mass is 16.5. The molecule has 0 radical (unpaired) electrons. The molecule has 1 aromatic carbocycles. The number of nitriles is 1. The second kappa shape index (κ2) is 8.57. The lowest BCUT2D eigenvalue weighted by Crippen LogP contribution is -2.41. The van der Waals surface area contributed by atoms with Crippen LogP contribution in [0.3, 0.4) is 0 Å². The molecule has 146 valence electrons. The van der Waals surface area contributed by atoms with E-state index in [1.54, 1.807) is 0 Å². The van der Waals surface area contributed by atoms with E-state index in [0.717, 1.165) is 68.7 Å². The summed E-state index contributed by atoms with van der Waals surface area (Å²) in [4.78, 5) is 19.3. The molecule has 0 aliphatic carbocycles. The van der Waals surface area contributed by atoms with Gasteiger partial charge in [-0.25, -0.2) is 4.98 Å². The minimum atomic E-state index is 0.168. The number of para-hydroxylation sites is 1. The number of anilines is 1. The maximum absolute atomic E-state index is 12.3. The second-order valence-corrected chi connectivity index (χ2v) is 7.75. The number of aromatic nitrogens is 1. The Hall–Kier alpha value is -2.65. The van der Waals surface area contributed by atoms with Gasteiger partial charge in [0.25, 0.3) is 0 Å². The van der Waals surface area contributed by atoms with Crippen molar-refractivity contribution in [3.05, 3.63) is 35.9 Å². The summed E-state index contributed by atoms with van der Waals surface area (Å²) in [6, 6.07) is 12.2. The lowest BCUT2D eigenvalue weighted by atomic mass is 9.92.